The lowest BCUT2D eigenvalue weighted by Gasteiger charge is -2.31. The maximum absolute atomic E-state index is 11.4. The van der Waals surface area contributed by atoms with Gasteiger partial charge in [0.05, 0.1) is 5.92 Å². The lowest BCUT2D eigenvalue weighted by molar-refractivity contribution is -0.123. The van der Waals surface area contributed by atoms with Crippen LogP contribution < -0.4 is 11.1 Å². The van der Waals surface area contributed by atoms with Gasteiger partial charge in [0, 0.05) is 38.6 Å². The molecule has 1 aromatic carbocycles. The molecule has 1 aliphatic rings. The van der Waals surface area contributed by atoms with Crippen LogP contribution in [0.4, 0.5) is 0 Å². The number of aliphatic imine (C=N–C) groups is 1. The lowest BCUT2D eigenvalue weighted by Crippen LogP contribution is -2.43. The number of carbonyl (C=O) groups is 1. The summed E-state index contributed by atoms with van der Waals surface area (Å²) >= 11 is 1.75. The fraction of sp³-hybridized carbons (Fsp3) is 0.600. The molecule has 158 valence electrons. The molecular formula is C20H34IN5OS. The van der Waals surface area contributed by atoms with Crippen LogP contribution in [0.25, 0.3) is 0 Å². The molecule has 3 N–H and O–H groups in total. The minimum atomic E-state index is -0.162. The van der Waals surface area contributed by atoms with Crippen molar-refractivity contribution in [2.45, 2.75) is 30.7 Å². The molecule has 1 atom stereocenters. The van der Waals surface area contributed by atoms with E-state index in [0.29, 0.717) is 0 Å². The molecule has 1 amide bonds. The lowest BCUT2D eigenvalue weighted by atomic mass is 9.97. The van der Waals surface area contributed by atoms with E-state index in [1.807, 2.05) is 7.05 Å². The first kappa shape index (κ1) is 25.0. The Bertz CT molecular complexity index is 626. The molecule has 1 unspecified atom stereocenters. The van der Waals surface area contributed by atoms with Crippen molar-refractivity contribution in [2.24, 2.45) is 16.6 Å². The number of piperidine rings is 1. The molecule has 0 aliphatic carbocycles. The van der Waals surface area contributed by atoms with Crippen molar-refractivity contribution in [3.8, 4) is 0 Å². The summed E-state index contributed by atoms with van der Waals surface area (Å²) in [6.07, 6.45) is 5.09. The van der Waals surface area contributed by atoms with Gasteiger partial charge >= 0.3 is 0 Å². The molecule has 0 aromatic heterocycles. The zero-order valence-corrected chi connectivity index (χ0v) is 20.3. The highest BCUT2D eigenvalue weighted by Gasteiger charge is 2.23. The number of nitrogens with zero attached hydrogens (tertiary/aromatic N) is 3. The van der Waals surface area contributed by atoms with Crippen LogP contribution in [0.3, 0.4) is 0 Å². The van der Waals surface area contributed by atoms with Gasteiger partial charge in [0.2, 0.25) is 5.91 Å². The molecule has 1 aromatic rings. The van der Waals surface area contributed by atoms with E-state index in [9.17, 15) is 4.79 Å². The predicted octanol–water partition coefficient (Wildman–Crippen LogP) is 2.62. The topological polar surface area (TPSA) is 74.0 Å². The molecular weight excluding hydrogens is 485 g/mol. The van der Waals surface area contributed by atoms with Gasteiger partial charge in [-0.1, -0.05) is 12.1 Å². The number of benzene rings is 1. The molecule has 1 aliphatic heterocycles. The van der Waals surface area contributed by atoms with E-state index in [0.717, 1.165) is 57.9 Å². The van der Waals surface area contributed by atoms with Gasteiger partial charge in [-0.3, -0.25) is 9.79 Å². The van der Waals surface area contributed by atoms with Crippen LogP contribution >= 0.6 is 35.7 Å². The fourth-order valence-corrected chi connectivity index (χ4v) is 3.87. The zero-order chi connectivity index (χ0) is 19.6. The van der Waals surface area contributed by atoms with E-state index in [1.54, 1.807) is 11.8 Å². The Morgan fingerprint density at radius 3 is 2.71 bits per heavy atom. The standard InChI is InChI=1S/C20H33N5OS.HI/c1-22-20(24(2)14-16-7-9-18(27-3)10-8-16)23-11-5-13-25-12-4-6-17(15-25)19(21)26;/h7-10,17H,4-6,11-15H2,1-3H3,(H2,21,26)(H,22,23);1H. The summed E-state index contributed by atoms with van der Waals surface area (Å²) in [4.78, 5) is 21.5. The van der Waals surface area contributed by atoms with Gasteiger partial charge in [-0.05, 0) is 56.3 Å². The summed E-state index contributed by atoms with van der Waals surface area (Å²) in [5.41, 5.74) is 6.72. The van der Waals surface area contributed by atoms with Crippen molar-refractivity contribution in [3.63, 3.8) is 0 Å². The second-order valence-electron chi connectivity index (χ2n) is 7.07. The second-order valence-corrected chi connectivity index (χ2v) is 7.95. The maximum Gasteiger partial charge on any atom is 0.221 e. The quantitative estimate of drug-likeness (QED) is 0.182. The first-order valence-electron chi connectivity index (χ1n) is 9.60. The molecule has 0 spiro atoms. The summed E-state index contributed by atoms with van der Waals surface area (Å²) in [5.74, 6) is 0.756. The average Bonchev–Trinajstić information content (AvgIpc) is 2.68. The third kappa shape index (κ3) is 8.16. The Morgan fingerprint density at radius 2 is 2.11 bits per heavy atom. The van der Waals surface area contributed by atoms with Gasteiger partial charge < -0.3 is 20.9 Å². The number of amides is 1. The number of guanidine groups is 1. The Labute approximate surface area is 190 Å². The summed E-state index contributed by atoms with van der Waals surface area (Å²) in [7, 11) is 3.87. The van der Waals surface area contributed by atoms with Crippen molar-refractivity contribution in [1.82, 2.24) is 15.1 Å². The third-order valence-electron chi connectivity index (χ3n) is 4.99. The summed E-state index contributed by atoms with van der Waals surface area (Å²) in [6, 6.07) is 8.65. The molecule has 28 heavy (non-hydrogen) atoms. The van der Waals surface area contributed by atoms with Gasteiger partial charge in [-0.2, -0.15) is 0 Å². The number of rotatable bonds is 8. The minimum Gasteiger partial charge on any atom is -0.369 e. The number of likely N-dealkylation sites (tertiary alicyclic amines) is 1. The SMILES string of the molecule is CN=C(NCCCN1CCCC(C(N)=O)C1)N(C)Cc1ccc(SC)cc1.I. The van der Waals surface area contributed by atoms with Crippen LogP contribution in [-0.4, -0.2) is 68.2 Å². The van der Waals surface area contributed by atoms with Crippen LogP contribution in [0.1, 0.15) is 24.8 Å². The molecule has 0 saturated carbocycles. The summed E-state index contributed by atoms with van der Waals surface area (Å²) in [6.45, 7) is 4.52. The summed E-state index contributed by atoms with van der Waals surface area (Å²) < 4.78 is 0. The fourth-order valence-electron chi connectivity index (χ4n) is 3.46. The Kier molecular flexibility index (Phi) is 11.9. The van der Waals surface area contributed by atoms with Crippen LogP contribution in [0.2, 0.25) is 0 Å². The van der Waals surface area contributed by atoms with E-state index >= 15 is 0 Å². The molecule has 1 saturated heterocycles. The van der Waals surface area contributed by atoms with Gasteiger partial charge in [-0.15, -0.1) is 35.7 Å². The van der Waals surface area contributed by atoms with Gasteiger partial charge in [-0.25, -0.2) is 0 Å². The molecule has 2 rings (SSSR count). The summed E-state index contributed by atoms with van der Waals surface area (Å²) in [5, 5.41) is 3.44. The highest BCUT2D eigenvalue weighted by Crippen LogP contribution is 2.16. The van der Waals surface area contributed by atoms with Gasteiger partial charge in [0.25, 0.3) is 0 Å². The van der Waals surface area contributed by atoms with Crippen LogP contribution in [0.15, 0.2) is 34.2 Å². The largest absolute Gasteiger partial charge is 0.369 e. The highest BCUT2D eigenvalue weighted by atomic mass is 127. The monoisotopic (exact) mass is 519 g/mol. The van der Waals surface area contributed by atoms with Gasteiger partial charge in [0.15, 0.2) is 5.96 Å². The van der Waals surface area contributed by atoms with Gasteiger partial charge in [0.1, 0.15) is 0 Å². The van der Waals surface area contributed by atoms with Crippen molar-refractivity contribution in [2.75, 3.05) is 46.5 Å². The van der Waals surface area contributed by atoms with E-state index < -0.39 is 0 Å². The first-order chi connectivity index (χ1) is 13.0. The van der Waals surface area contributed by atoms with Crippen LogP contribution in [0, 0.1) is 5.92 Å². The molecule has 0 radical (unpaired) electrons. The molecule has 8 heteroatoms. The van der Waals surface area contributed by atoms with Crippen LogP contribution in [0.5, 0.6) is 0 Å². The van der Waals surface area contributed by atoms with E-state index in [4.69, 9.17) is 5.73 Å². The average molecular weight is 519 g/mol. The number of nitrogens with one attached hydrogen (secondary N) is 1. The molecule has 1 fully saturated rings. The number of primary amides is 1. The minimum absolute atomic E-state index is 0. The number of carbonyl (C=O) groups excluding carboxylic acids is 1. The van der Waals surface area contributed by atoms with Crippen molar-refractivity contribution in [3.05, 3.63) is 29.8 Å². The van der Waals surface area contributed by atoms with Crippen molar-refractivity contribution in [1.29, 1.82) is 0 Å². The van der Waals surface area contributed by atoms with E-state index in [1.165, 1.54) is 10.5 Å². The smallest absolute Gasteiger partial charge is 0.221 e. The maximum atomic E-state index is 11.4. The van der Waals surface area contributed by atoms with E-state index in [-0.39, 0.29) is 35.8 Å². The Balaban J connectivity index is 0.00000392. The molecule has 0 bridgehead atoms. The van der Waals surface area contributed by atoms with E-state index in [2.05, 4.69) is 57.7 Å². The Hall–Kier alpha value is -1.000. The second kappa shape index (κ2) is 13.3. The van der Waals surface area contributed by atoms with Crippen molar-refractivity contribution < 1.29 is 4.79 Å². The predicted molar refractivity (Wildman–Crippen MR) is 129 cm³/mol. The molecule has 6 nitrogen and oxygen atoms in total. The third-order valence-corrected chi connectivity index (χ3v) is 5.74. The number of hydrogen-bond acceptors (Lipinski definition) is 4. The number of thioether (sulfide) groups is 1. The van der Waals surface area contributed by atoms with Crippen molar-refractivity contribution >= 4 is 47.6 Å². The first-order valence-corrected chi connectivity index (χ1v) is 10.8. The number of halogens is 1. The zero-order valence-electron chi connectivity index (χ0n) is 17.2. The highest BCUT2D eigenvalue weighted by molar-refractivity contribution is 14.0. The number of hydrogen-bond donors (Lipinski definition) is 2. The van der Waals surface area contributed by atoms with Crippen LogP contribution in [-0.2, 0) is 11.3 Å². The number of nitrogens with two attached hydrogens (primary N) is 1. The molecule has 1 heterocycles. The normalized spacial score (nSPS) is 17.7. The Morgan fingerprint density at radius 1 is 1.39 bits per heavy atom.